The number of imide groups is 1. The van der Waals surface area contributed by atoms with E-state index in [9.17, 15) is 19.7 Å². The van der Waals surface area contributed by atoms with E-state index in [4.69, 9.17) is 9.47 Å². The topological polar surface area (TPSA) is 99.0 Å². The third kappa shape index (κ3) is 4.80. The molecule has 2 aromatic carbocycles. The Balaban J connectivity index is 1.75. The van der Waals surface area contributed by atoms with Crippen LogP contribution < -0.4 is 9.47 Å². The molecule has 0 aliphatic carbocycles. The molecular formula is C21H20N2O6S. The van der Waals surface area contributed by atoms with Crippen molar-refractivity contribution in [1.82, 2.24) is 4.90 Å². The van der Waals surface area contributed by atoms with E-state index in [-0.39, 0.29) is 23.4 Å². The van der Waals surface area contributed by atoms with Gasteiger partial charge in [0.15, 0.2) is 11.5 Å². The van der Waals surface area contributed by atoms with Gasteiger partial charge in [-0.05, 0) is 47.5 Å². The van der Waals surface area contributed by atoms with Crippen LogP contribution in [-0.4, -0.2) is 34.6 Å². The Kier molecular flexibility index (Phi) is 6.73. The summed E-state index contributed by atoms with van der Waals surface area (Å²) in [5, 5.41) is 10.6. The highest BCUT2D eigenvalue weighted by molar-refractivity contribution is 8.18. The second-order valence-electron chi connectivity index (χ2n) is 6.46. The van der Waals surface area contributed by atoms with Crippen molar-refractivity contribution in [2.75, 3.05) is 13.7 Å². The molecule has 0 spiro atoms. The third-order valence-corrected chi connectivity index (χ3v) is 5.23. The molecule has 0 unspecified atom stereocenters. The van der Waals surface area contributed by atoms with Crippen molar-refractivity contribution in [3.8, 4) is 11.5 Å². The predicted octanol–water partition coefficient (Wildman–Crippen LogP) is 4.63. The third-order valence-electron chi connectivity index (χ3n) is 4.32. The van der Waals surface area contributed by atoms with Gasteiger partial charge in [0.25, 0.3) is 16.8 Å². The van der Waals surface area contributed by atoms with Crippen LogP contribution in [0.4, 0.5) is 10.5 Å². The maximum Gasteiger partial charge on any atom is 0.293 e. The number of methoxy groups -OCH3 is 1. The highest BCUT2D eigenvalue weighted by Gasteiger charge is 2.34. The normalized spacial score (nSPS) is 15.0. The van der Waals surface area contributed by atoms with E-state index in [1.807, 2.05) is 6.92 Å². The van der Waals surface area contributed by atoms with E-state index in [1.54, 1.807) is 36.4 Å². The first-order valence-corrected chi connectivity index (χ1v) is 10.0. The molecule has 1 aliphatic heterocycles. The van der Waals surface area contributed by atoms with Gasteiger partial charge in [-0.15, -0.1) is 0 Å². The number of nitro groups is 1. The number of non-ortho nitro benzene ring substituents is 1. The molecule has 0 aromatic heterocycles. The first-order chi connectivity index (χ1) is 14.4. The summed E-state index contributed by atoms with van der Waals surface area (Å²) in [5.41, 5.74) is 1.34. The molecule has 30 heavy (non-hydrogen) atoms. The number of carbonyl (C=O) groups is 2. The molecule has 9 heteroatoms. The van der Waals surface area contributed by atoms with Crippen molar-refractivity contribution in [3.05, 3.63) is 68.6 Å². The minimum atomic E-state index is -0.457. The van der Waals surface area contributed by atoms with Crippen LogP contribution in [0.3, 0.4) is 0 Å². The van der Waals surface area contributed by atoms with Crippen molar-refractivity contribution in [3.63, 3.8) is 0 Å². The molecule has 1 aliphatic rings. The van der Waals surface area contributed by atoms with Gasteiger partial charge in [0.05, 0.1) is 16.9 Å². The monoisotopic (exact) mass is 428 g/mol. The highest BCUT2D eigenvalue weighted by atomic mass is 32.2. The number of thioether (sulfide) groups is 1. The van der Waals surface area contributed by atoms with Crippen molar-refractivity contribution in [2.45, 2.75) is 20.0 Å². The lowest BCUT2D eigenvalue weighted by Crippen LogP contribution is -2.28. The summed E-state index contributed by atoms with van der Waals surface area (Å²) < 4.78 is 11.1. The highest BCUT2D eigenvalue weighted by Crippen LogP contribution is 2.34. The number of benzene rings is 2. The summed E-state index contributed by atoms with van der Waals surface area (Å²) in [6, 6.07) is 11.4. The molecule has 0 radical (unpaired) electrons. The summed E-state index contributed by atoms with van der Waals surface area (Å²) in [7, 11) is 1.49. The smallest absolute Gasteiger partial charge is 0.293 e. The number of carbonyl (C=O) groups excluding carboxylic acids is 2. The molecule has 156 valence electrons. The summed E-state index contributed by atoms with van der Waals surface area (Å²) in [6.45, 7) is 2.44. The van der Waals surface area contributed by atoms with Gasteiger partial charge in [-0.2, -0.15) is 0 Å². The van der Waals surface area contributed by atoms with Crippen LogP contribution in [0.5, 0.6) is 11.5 Å². The molecule has 0 N–H and O–H groups in total. The molecule has 8 nitrogen and oxygen atoms in total. The Morgan fingerprint density at radius 1 is 1.17 bits per heavy atom. The fraction of sp³-hybridized carbons (Fsp3) is 0.238. The lowest BCUT2D eigenvalue weighted by molar-refractivity contribution is -0.384. The van der Waals surface area contributed by atoms with Crippen LogP contribution in [0.25, 0.3) is 6.08 Å². The zero-order valence-corrected chi connectivity index (χ0v) is 17.3. The van der Waals surface area contributed by atoms with Crippen molar-refractivity contribution in [1.29, 1.82) is 0 Å². The number of rotatable bonds is 8. The molecular weight excluding hydrogens is 408 g/mol. The maximum absolute atomic E-state index is 12.4. The van der Waals surface area contributed by atoms with Crippen LogP contribution in [0.15, 0.2) is 47.4 Å². The Bertz CT molecular complexity index is 1020. The van der Waals surface area contributed by atoms with Gasteiger partial charge in [0.2, 0.25) is 0 Å². The van der Waals surface area contributed by atoms with E-state index in [1.165, 1.54) is 24.1 Å². The molecule has 0 bridgehead atoms. The average molecular weight is 428 g/mol. The van der Waals surface area contributed by atoms with E-state index >= 15 is 0 Å². The largest absolute Gasteiger partial charge is 0.493 e. The number of amides is 2. The van der Waals surface area contributed by atoms with Crippen LogP contribution in [0.2, 0.25) is 0 Å². The second kappa shape index (κ2) is 9.45. The lowest BCUT2D eigenvalue weighted by atomic mass is 10.1. The molecule has 1 saturated heterocycles. The van der Waals surface area contributed by atoms with Gasteiger partial charge in [-0.25, -0.2) is 0 Å². The summed E-state index contributed by atoms with van der Waals surface area (Å²) in [5.74, 6) is 0.610. The molecule has 1 fully saturated rings. The summed E-state index contributed by atoms with van der Waals surface area (Å²) >= 11 is 0.917. The van der Waals surface area contributed by atoms with Crippen LogP contribution >= 0.6 is 11.8 Å². The van der Waals surface area contributed by atoms with Gasteiger partial charge < -0.3 is 9.47 Å². The number of hydrogen-bond donors (Lipinski definition) is 0. The zero-order valence-electron chi connectivity index (χ0n) is 16.5. The zero-order chi connectivity index (χ0) is 21.7. The molecule has 0 saturated carbocycles. The molecule has 1 heterocycles. The number of hydrogen-bond acceptors (Lipinski definition) is 7. The lowest BCUT2D eigenvalue weighted by Gasteiger charge is -2.12. The quantitative estimate of drug-likeness (QED) is 0.343. The Morgan fingerprint density at radius 3 is 2.67 bits per heavy atom. The van der Waals surface area contributed by atoms with Crippen molar-refractivity contribution >= 4 is 34.7 Å². The van der Waals surface area contributed by atoms with Crippen LogP contribution in [0.1, 0.15) is 24.5 Å². The first kappa shape index (κ1) is 21.4. The van der Waals surface area contributed by atoms with Crippen molar-refractivity contribution < 1.29 is 24.0 Å². The minimum absolute atomic E-state index is 0.00423. The van der Waals surface area contributed by atoms with Gasteiger partial charge >= 0.3 is 0 Å². The van der Waals surface area contributed by atoms with Crippen LogP contribution in [-0.2, 0) is 11.4 Å². The van der Waals surface area contributed by atoms with E-state index in [2.05, 4.69) is 0 Å². The number of ether oxygens (including phenoxy) is 2. The van der Waals surface area contributed by atoms with Crippen LogP contribution in [0, 0.1) is 10.1 Å². The number of nitro benzene ring substituents is 1. The fourth-order valence-electron chi connectivity index (χ4n) is 2.88. The Hall–Kier alpha value is -3.33. The molecule has 2 aromatic rings. The maximum atomic E-state index is 12.4. The van der Waals surface area contributed by atoms with Gasteiger partial charge in [-0.1, -0.05) is 25.1 Å². The van der Waals surface area contributed by atoms with E-state index < -0.39 is 4.92 Å². The van der Waals surface area contributed by atoms with E-state index in [0.717, 1.165) is 11.8 Å². The average Bonchev–Trinajstić information content (AvgIpc) is 3.00. The first-order valence-electron chi connectivity index (χ1n) is 9.22. The Morgan fingerprint density at radius 2 is 1.97 bits per heavy atom. The minimum Gasteiger partial charge on any atom is -0.493 e. The standard InChI is InChI=1S/C21H20N2O6S/c1-3-9-22-20(24)19(30-21(22)25)12-14-7-8-17(18(11-14)28-2)29-13-15-5-4-6-16(10-15)23(26)27/h4-8,10-12H,3,9,13H2,1-2H3/b19-12+. The van der Waals surface area contributed by atoms with E-state index in [0.29, 0.717) is 40.5 Å². The van der Waals surface area contributed by atoms with Gasteiger partial charge in [0.1, 0.15) is 6.61 Å². The summed E-state index contributed by atoms with van der Waals surface area (Å²) in [6.07, 6.45) is 2.35. The van der Waals surface area contributed by atoms with Crippen molar-refractivity contribution in [2.24, 2.45) is 0 Å². The molecule has 0 atom stereocenters. The Labute approximate surface area is 177 Å². The molecule has 2 amide bonds. The van der Waals surface area contributed by atoms with Gasteiger partial charge in [-0.3, -0.25) is 24.6 Å². The number of nitrogens with zero attached hydrogens (tertiary/aromatic N) is 2. The summed E-state index contributed by atoms with van der Waals surface area (Å²) in [4.78, 5) is 36.4. The predicted molar refractivity (Wildman–Crippen MR) is 113 cm³/mol. The molecule has 3 rings (SSSR count). The van der Waals surface area contributed by atoms with Gasteiger partial charge in [0, 0.05) is 18.7 Å². The second-order valence-corrected chi connectivity index (χ2v) is 7.45. The SMILES string of the molecule is CCCN1C(=O)S/C(=C/c2ccc(OCc3cccc([N+](=O)[O-])c3)c(OC)c2)C1=O. The fourth-order valence-corrected chi connectivity index (χ4v) is 3.75.